The fourth-order valence-electron chi connectivity index (χ4n) is 19.8. The van der Waals surface area contributed by atoms with Gasteiger partial charge in [-0.3, -0.25) is 0 Å². The molecule has 0 unspecified atom stereocenters. The number of aryl methyl sites for hydroxylation is 9. The highest BCUT2D eigenvalue weighted by atomic mass is 15.4. The third-order valence-corrected chi connectivity index (χ3v) is 27.5. The quantitative estimate of drug-likeness (QED) is 0.0852. The molecule has 20 rings (SSSR count). The molecular weight excluding hydrogens is 1680 g/mol. The molecule has 1 atom stereocenters. The molecule has 1 aliphatic rings. The Morgan fingerprint density at radius 2 is 0.693 bits per heavy atom. The summed E-state index contributed by atoms with van der Waals surface area (Å²) in [7, 11) is 21.1. The second-order valence-electron chi connectivity index (χ2n) is 37.7. The lowest BCUT2D eigenvalue weighted by atomic mass is 9.92. The van der Waals surface area contributed by atoms with Gasteiger partial charge < -0.3 is 9.80 Å². The van der Waals surface area contributed by atoms with Crippen LogP contribution in [0.4, 0.5) is 5.69 Å². The van der Waals surface area contributed by atoms with E-state index < -0.39 is 0 Å². The summed E-state index contributed by atoms with van der Waals surface area (Å²) in [6.07, 6.45) is 32.1. The number of benzene rings is 10. The molecule has 17 nitrogen and oxygen atoms in total. The number of para-hydroxylation sites is 5. The molecule has 0 N–H and O–H groups in total. The summed E-state index contributed by atoms with van der Waals surface area (Å²) in [4.78, 5) is 4.56. The summed E-state index contributed by atoms with van der Waals surface area (Å²) in [5.74, 6) is 5.29. The van der Waals surface area contributed by atoms with E-state index in [1.54, 1.807) is 0 Å². The van der Waals surface area contributed by atoms with Crippen LogP contribution in [-0.4, -0.2) is 45.9 Å². The van der Waals surface area contributed by atoms with E-state index in [0.29, 0.717) is 29.8 Å². The molecule has 0 radical (unpaired) electrons. The van der Waals surface area contributed by atoms with Crippen LogP contribution in [0.2, 0.25) is 0 Å². The smallest absolute Gasteiger partial charge is 0.295 e. The molecule has 692 valence electrons. The van der Waals surface area contributed by atoms with Crippen molar-refractivity contribution in [3.8, 4) is 102 Å². The molecule has 0 amide bonds. The van der Waals surface area contributed by atoms with Crippen molar-refractivity contribution < 1.29 is 41.4 Å². The van der Waals surface area contributed by atoms with Gasteiger partial charge in [0.25, 0.3) is 17.5 Å². The molecule has 0 spiro atoms. The van der Waals surface area contributed by atoms with Crippen LogP contribution in [0.25, 0.3) is 124 Å². The number of imidazole rings is 3. The van der Waals surface area contributed by atoms with E-state index in [0.717, 1.165) is 5.69 Å². The average Bonchev–Trinajstić information content (AvgIpc) is 1.56. The Kier molecular flexibility index (Phi) is 28.4. The van der Waals surface area contributed by atoms with Gasteiger partial charge in [0.1, 0.15) is 86.2 Å². The number of nitrogens with zero attached hydrogens (tertiary/aromatic N) is 17. The van der Waals surface area contributed by atoms with Gasteiger partial charge in [-0.15, -0.1) is 28.1 Å². The normalized spacial score (nSPS) is 12.4. The number of rotatable bonds is 17. The Labute approximate surface area is 810 Å². The largest absolute Gasteiger partial charge is 0.359 e. The zero-order valence-electron chi connectivity index (χ0n) is 84.6. The monoisotopic (exact) mass is 1820 g/mol. The first-order valence-corrected chi connectivity index (χ1v) is 48.1. The van der Waals surface area contributed by atoms with Crippen molar-refractivity contribution in [3.05, 3.63) is 410 Å². The maximum atomic E-state index is 2.52. The van der Waals surface area contributed by atoms with E-state index in [2.05, 4.69) is 600 Å². The number of anilines is 1. The molecule has 137 heavy (non-hydrogen) atoms. The first-order chi connectivity index (χ1) is 66.0. The zero-order valence-corrected chi connectivity index (χ0v) is 84.6. The molecule has 17 heteroatoms. The third kappa shape index (κ3) is 18.8. The maximum absolute atomic E-state index is 2.52. The second kappa shape index (κ2) is 40.9. The van der Waals surface area contributed by atoms with Crippen molar-refractivity contribution in [2.75, 3.05) is 11.9 Å². The number of fused-ring (bicyclic) bond motifs is 2. The van der Waals surface area contributed by atoms with Crippen molar-refractivity contribution in [2.45, 2.75) is 127 Å². The number of pyridine rings is 3. The Morgan fingerprint density at radius 3 is 1.18 bits per heavy atom. The van der Waals surface area contributed by atoms with Crippen LogP contribution in [0.15, 0.2) is 360 Å². The highest BCUT2D eigenvalue weighted by Gasteiger charge is 2.35. The van der Waals surface area contributed by atoms with E-state index in [-0.39, 0.29) is 0 Å². The van der Waals surface area contributed by atoms with Crippen LogP contribution in [-0.2, 0) is 63.4 Å². The molecule has 9 aromatic heterocycles. The maximum Gasteiger partial charge on any atom is 0.295 e. The molecule has 0 bridgehead atoms. The van der Waals surface area contributed by atoms with Crippen LogP contribution in [0.1, 0.15) is 136 Å². The molecule has 0 saturated carbocycles. The van der Waals surface area contributed by atoms with Crippen molar-refractivity contribution in [1.29, 1.82) is 0 Å². The predicted octanol–water partition coefficient (Wildman–Crippen LogP) is 21.5. The van der Waals surface area contributed by atoms with Gasteiger partial charge in [0.05, 0.1) is 72.9 Å². The summed E-state index contributed by atoms with van der Waals surface area (Å²) >= 11 is 0. The zero-order chi connectivity index (χ0) is 96.9. The lowest BCUT2D eigenvalue weighted by Gasteiger charge is -2.28. The number of hydrogen-bond acceptors (Lipinski definition) is 2. The summed E-state index contributed by atoms with van der Waals surface area (Å²) in [6.45, 7) is 31.6. The molecular formula is C120H136N17+9. The van der Waals surface area contributed by atoms with Crippen molar-refractivity contribution in [2.24, 2.45) is 63.4 Å². The predicted molar refractivity (Wildman–Crippen MR) is 555 cm³/mol. The van der Waals surface area contributed by atoms with E-state index in [4.69, 9.17) is 0 Å². The van der Waals surface area contributed by atoms with E-state index in [9.17, 15) is 0 Å². The fourth-order valence-corrected chi connectivity index (χ4v) is 19.8. The van der Waals surface area contributed by atoms with Gasteiger partial charge >= 0.3 is 0 Å². The van der Waals surface area contributed by atoms with E-state index in [1.807, 2.05) is 6.07 Å². The number of aromatic nitrogens is 15. The highest BCUT2D eigenvalue weighted by Crippen LogP contribution is 2.42. The Hall–Kier alpha value is -15.2. The minimum absolute atomic E-state index is 0.329. The van der Waals surface area contributed by atoms with Crippen LogP contribution in [0, 0.1) is 34.6 Å². The van der Waals surface area contributed by atoms with Gasteiger partial charge in [0, 0.05) is 101 Å². The highest BCUT2D eigenvalue weighted by molar-refractivity contribution is 5.94. The minimum Gasteiger partial charge on any atom is -0.359 e. The minimum atomic E-state index is 0.329. The summed E-state index contributed by atoms with van der Waals surface area (Å²) < 4.78 is 33.3. The van der Waals surface area contributed by atoms with Gasteiger partial charge in [-0.05, 0) is 202 Å². The van der Waals surface area contributed by atoms with E-state index >= 15 is 0 Å². The number of hydrogen-bond donors (Lipinski definition) is 0. The summed E-state index contributed by atoms with van der Waals surface area (Å²) in [5.41, 5.74) is 34.3. The van der Waals surface area contributed by atoms with Gasteiger partial charge in [-0.1, -0.05) is 171 Å². The molecule has 0 aliphatic carbocycles. The molecule has 0 fully saturated rings. The molecule has 10 aromatic carbocycles. The molecule has 10 heterocycles. The van der Waals surface area contributed by atoms with Crippen LogP contribution in [0.5, 0.6) is 0 Å². The molecule has 0 saturated heterocycles. The Balaban J connectivity index is 0.000000125. The van der Waals surface area contributed by atoms with Gasteiger partial charge in [-0.2, -0.15) is 13.7 Å². The van der Waals surface area contributed by atoms with Crippen molar-refractivity contribution in [3.63, 3.8) is 0 Å². The van der Waals surface area contributed by atoms with E-state index in [1.165, 1.54) is 174 Å². The molecule has 1 aliphatic heterocycles. The van der Waals surface area contributed by atoms with Gasteiger partial charge in [0.15, 0.2) is 69.4 Å². The Bertz CT molecular complexity index is 7550. The van der Waals surface area contributed by atoms with Crippen LogP contribution >= 0.6 is 0 Å². The summed E-state index contributed by atoms with van der Waals surface area (Å²) in [6, 6.07) is 95.3. The topological polar surface area (TPSA) is 71.0 Å². The second-order valence-corrected chi connectivity index (χ2v) is 37.7. The van der Waals surface area contributed by atoms with Gasteiger partial charge in [0.2, 0.25) is 17.1 Å². The summed E-state index contributed by atoms with van der Waals surface area (Å²) in [5, 5.41) is 2.56. The SMILES string of the molecule is Cc1c(-c2c3ccccc3cc[n+]2C)cccc1N1C=CN(C)[C@@H]1C.Cc1c(-c2cccc[n+]2C)cccc1-c1n(-c2ccccc2)cc[n+]1C.Cc1c(-c2cccc[n+]2C)cccc1-n1ccc[n+]1C.Cc1c(-c2n(-c3c(C(C)C)cccc3C(C)C)c3ccccc3[n+]2C)cccc1-n1ccc[n+]1C.Cc1c(-c2n(-c3c(C(C)C)cccc3C(C)C)cc[n+]2C)cccc1-n1ccc[n+]1C. The van der Waals surface area contributed by atoms with Crippen molar-refractivity contribution in [1.82, 2.24) is 32.6 Å². The Morgan fingerprint density at radius 1 is 0.292 bits per heavy atom. The first-order valence-electron chi connectivity index (χ1n) is 48.1. The lowest BCUT2D eigenvalue weighted by Crippen LogP contribution is -2.37. The fraction of sp³-hybridized carbons (Fsp3) is 0.242. The third-order valence-electron chi connectivity index (χ3n) is 27.5. The van der Waals surface area contributed by atoms with Crippen LogP contribution < -0.4 is 46.3 Å². The van der Waals surface area contributed by atoms with Crippen LogP contribution in [0.3, 0.4) is 0 Å². The average molecular weight is 1820 g/mol. The van der Waals surface area contributed by atoms with Crippen molar-refractivity contribution >= 4 is 27.5 Å². The first kappa shape index (κ1) is 94.9. The lowest BCUT2D eigenvalue weighted by molar-refractivity contribution is -0.744. The molecule has 19 aromatic rings. The van der Waals surface area contributed by atoms with Gasteiger partial charge in [-0.25, -0.2) is 27.4 Å². The standard InChI is InChI=1S/C31H36N4.C27H34N4.C23H23N3.C22H24N3.C17H19N3/c1-21(2)24-13-10-14-25(22(3)4)30(24)35-29-17-9-8-16-28(29)33(7)31(35)26-15-11-18-27(23(26)5)34-20-12-19-32(34)6;1-19(2)22-11-8-12-23(20(3)4)26(22)30-18-17-28(6)27(30)24-13-9-14-25(21(24)5)31-16-10-15-29(31)7;1-18-20(22-14-7-8-15-24(22)2)12-9-13-21(18)23-25(3)16-17-26(23)19-10-5-4-6-11-19;1-16-19(10-7-11-21(16)25-15-14-23(3)17(25)2)22-20-9-6-5-8-18(20)12-13-24(22)4;1-14-15(17-9-4-5-11-18(17)2)8-6-10-16(14)20-13-7-12-19(20)3/h8-22H,1-7H3;8-20H,1-7H3;4-17H,1-3H3;5-15,17H,1-4H3;4-13H,1-3H3/q3*+2;+1;+2/t;;;17-;/m...0./s1.